The summed E-state index contributed by atoms with van der Waals surface area (Å²) < 4.78 is 6.41. The summed E-state index contributed by atoms with van der Waals surface area (Å²) in [5.41, 5.74) is 15.3. The Kier molecular flexibility index (Phi) is 6.56. The highest BCUT2D eigenvalue weighted by atomic mass is 16.3. The number of nitrogens with zero attached hydrogens (tertiary/aromatic N) is 1. The number of rotatable bonds is 5. The lowest BCUT2D eigenvalue weighted by Crippen LogP contribution is -2.16. The second-order valence-corrected chi connectivity index (χ2v) is 14.1. The van der Waals surface area contributed by atoms with Gasteiger partial charge < -0.3 is 9.32 Å². The Morgan fingerprint density at radius 1 is 0.412 bits per heavy atom. The van der Waals surface area contributed by atoms with Crippen molar-refractivity contribution in [2.45, 2.75) is 19.3 Å². The van der Waals surface area contributed by atoms with Gasteiger partial charge in [-0.05, 0) is 86.8 Å². The Morgan fingerprint density at radius 2 is 0.980 bits per heavy atom. The summed E-state index contributed by atoms with van der Waals surface area (Å²) in [5.74, 6) is 0. The summed E-state index contributed by atoms with van der Waals surface area (Å²) in [7, 11) is 0. The third kappa shape index (κ3) is 4.57. The average molecular weight is 654 g/mol. The van der Waals surface area contributed by atoms with Gasteiger partial charge in [-0.25, -0.2) is 0 Å². The number of hydrogen-bond donors (Lipinski definition) is 0. The predicted molar refractivity (Wildman–Crippen MR) is 214 cm³/mol. The minimum atomic E-state index is -0.0890. The lowest BCUT2D eigenvalue weighted by molar-refractivity contribution is 0.660. The zero-order chi connectivity index (χ0) is 34.1. The van der Waals surface area contributed by atoms with Crippen molar-refractivity contribution >= 4 is 49.8 Å². The van der Waals surface area contributed by atoms with Crippen LogP contribution in [0.15, 0.2) is 180 Å². The molecule has 242 valence electrons. The van der Waals surface area contributed by atoms with Crippen LogP contribution in [0.25, 0.3) is 66.1 Å². The van der Waals surface area contributed by atoms with Crippen LogP contribution in [0.4, 0.5) is 17.1 Å². The van der Waals surface area contributed by atoms with Gasteiger partial charge in [-0.2, -0.15) is 0 Å². The van der Waals surface area contributed by atoms with E-state index in [-0.39, 0.29) is 5.41 Å². The fourth-order valence-corrected chi connectivity index (χ4v) is 8.36. The molecule has 0 atom stereocenters. The molecular formula is C49H35NO. The Morgan fingerprint density at radius 3 is 1.78 bits per heavy atom. The van der Waals surface area contributed by atoms with Crippen LogP contribution in [0.1, 0.15) is 25.0 Å². The molecule has 1 aliphatic rings. The molecule has 0 saturated heterocycles. The molecule has 0 aliphatic heterocycles. The van der Waals surface area contributed by atoms with Crippen molar-refractivity contribution in [1.82, 2.24) is 0 Å². The summed E-state index contributed by atoms with van der Waals surface area (Å²) in [4.78, 5) is 2.43. The van der Waals surface area contributed by atoms with Gasteiger partial charge in [-0.15, -0.1) is 0 Å². The molecule has 0 bridgehead atoms. The lowest BCUT2D eigenvalue weighted by Gasteiger charge is -2.29. The van der Waals surface area contributed by atoms with E-state index in [0.29, 0.717) is 0 Å². The van der Waals surface area contributed by atoms with Gasteiger partial charge in [0, 0.05) is 38.5 Å². The topological polar surface area (TPSA) is 16.4 Å². The van der Waals surface area contributed by atoms with Gasteiger partial charge in [0.15, 0.2) is 0 Å². The molecule has 2 heteroatoms. The van der Waals surface area contributed by atoms with Crippen molar-refractivity contribution in [3.63, 3.8) is 0 Å². The summed E-state index contributed by atoms with van der Waals surface area (Å²) in [6, 6.07) is 63.6. The normalized spacial score (nSPS) is 13.1. The Balaban J connectivity index is 1.12. The van der Waals surface area contributed by atoms with E-state index in [1.165, 1.54) is 55.6 Å². The van der Waals surface area contributed by atoms with Gasteiger partial charge in [0.1, 0.15) is 11.2 Å². The Bertz CT molecular complexity index is 2750. The molecular weight excluding hydrogens is 619 g/mol. The molecule has 0 spiro atoms. The molecule has 1 heterocycles. The highest BCUT2D eigenvalue weighted by Gasteiger charge is 2.37. The second-order valence-electron chi connectivity index (χ2n) is 14.1. The highest BCUT2D eigenvalue weighted by Crippen LogP contribution is 2.54. The van der Waals surface area contributed by atoms with Gasteiger partial charge in [0.25, 0.3) is 0 Å². The van der Waals surface area contributed by atoms with Crippen molar-refractivity contribution in [2.24, 2.45) is 0 Å². The van der Waals surface area contributed by atoms with Crippen molar-refractivity contribution in [3.8, 4) is 33.4 Å². The predicted octanol–water partition coefficient (Wildman–Crippen LogP) is 13.8. The molecule has 1 aromatic heterocycles. The second kappa shape index (κ2) is 11.3. The van der Waals surface area contributed by atoms with E-state index in [1.54, 1.807) is 0 Å². The van der Waals surface area contributed by atoms with Crippen LogP contribution in [0.2, 0.25) is 0 Å². The number of anilines is 3. The molecule has 2 nitrogen and oxygen atoms in total. The minimum Gasteiger partial charge on any atom is -0.455 e. The highest BCUT2D eigenvalue weighted by molar-refractivity contribution is 6.17. The number of fused-ring (bicyclic) bond motifs is 8. The maximum Gasteiger partial charge on any atom is 0.143 e. The first kappa shape index (κ1) is 29.5. The van der Waals surface area contributed by atoms with Gasteiger partial charge in [0.2, 0.25) is 0 Å². The van der Waals surface area contributed by atoms with Crippen LogP contribution in [0.3, 0.4) is 0 Å². The van der Waals surface area contributed by atoms with E-state index < -0.39 is 0 Å². The number of hydrogen-bond acceptors (Lipinski definition) is 2. The summed E-state index contributed by atoms with van der Waals surface area (Å²) >= 11 is 0. The van der Waals surface area contributed by atoms with Gasteiger partial charge in [-0.1, -0.05) is 147 Å². The number of benzene rings is 8. The zero-order valence-corrected chi connectivity index (χ0v) is 28.6. The largest absolute Gasteiger partial charge is 0.455 e. The molecule has 8 aromatic carbocycles. The lowest BCUT2D eigenvalue weighted by atomic mass is 9.82. The monoisotopic (exact) mass is 653 g/mol. The van der Waals surface area contributed by atoms with Crippen LogP contribution in [-0.2, 0) is 5.41 Å². The van der Waals surface area contributed by atoms with E-state index in [2.05, 4.69) is 183 Å². The fourth-order valence-electron chi connectivity index (χ4n) is 8.36. The van der Waals surface area contributed by atoms with Crippen molar-refractivity contribution < 1.29 is 4.42 Å². The first-order valence-electron chi connectivity index (χ1n) is 17.7. The quantitative estimate of drug-likeness (QED) is 0.184. The molecule has 0 fully saturated rings. The fraction of sp³-hybridized carbons (Fsp3) is 0.0612. The van der Waals surface area contributed by atoms with Crippen LogP contribution >= 0.6 is 0 Å². The summed E-state index contributed by atoms with van der Waals surface area (Å²) in [6.07, 6.45) is 0. The van der Waals surface area contributed by atoms with Crippen LogP contribution < -0.4 is 4.90 Å². The average Bonchev–Trinajstić information content (AvgIpc) is 3.68. The van der Waals surface area contributed by atoms with Crippen LogP contribution in [0, 0.1) is 0 Å². The van der Waals surface area contributed by atoms with Crippen LogP contribution in [0.5, 0.6) is 0 Å². The Labute approximate surface area is 297 Å². The third-order valence-corrected chi connectivity index (χ3v) is 10.9. The van der Waals surface area contributed by atoms with Crippen LogP contribution in [-0.4, -0.2) is 0 Å². The molecule has 0 unspecified atom stereocenters. The molecule has 9 aromatic rings. The molecule has 10 rings (SSSR count). The maximum absolute atomic E-state index is 6.41. The van der Waals surface area contributed by atoms with E-state index in [9.17, 15) is 0 Å². The third-order valence-electron chi connectivity index (χ3n) is 10.9. The van der Waals surface area contributed by atoms with E-state index in [4.69, 9.17) is 4.42 Å². The molecule has 0 amide bonds. The van der Waals surface area contributed by atoms with Crippen molar-refractivity contribution in [1.29, 1.82) is 0 Å². The molecule has 1 aliphatic carbocycles. The summed E-state index contributed by atoms with van der Waals surface area (Å²) in [6.45, 7) is 4.69. The van der Waals surface area contributed by atoms with Crippen molar-refractivity contribution in [3.05, 3.63) is 187 Å². The zero-order valence-electron chi connectivity index (χ0n) is 28.6. The first-order chi connectivity index (χ1) is 25.1. The molecule has 0 N–H and O–H groups in total. The van der Waals surface area contributed by atoms with E-state index >= 15 is 0 Å². The number of para-hydroxylation sites is 1. The summed E-state index contributed by atoms with van der Waals surface area (Å²) in [5, 5.41) is 4.62. The van der Waals surface area contributed by atoms with Crippen molar-refractivity contribution in [2.75, 3.05) is 4.90 Å². The Hall–Kier alpha value is -6.38. The van der Waals surface area contributed by atoms with E-state index in [1.807, 2.05) is 12.1 Å². The maximum atomic E-state index is 6.41. The SMILES string of the molecule is CC1(C)c2ccccc2-c2c(N(c3ccc(-c4ccccc4)cc3)c3ccc(-c4cccc5c4ccc4c6ccccc6oc54)cc3)cccc21. The molecule has 51 heavy (non-hydrogen) atoms. The molecule has 0 radical (unpaired) electrons. The number of furan rings is 1. The smallest absolute Gasteiger partial charge is 0.143 e. The van der Waals surface area contributed by atoms with Gasteiger partial charge >= 0.3 is 0 Å². The van der Waals surface area contributed by atoms with Gasteiger partial charge in [-0.3, -0.25) is 0 Å². The van der Waals surface area contributed by atoms with Gasteiger partial charge in [0.05, 0.1) is 5.69 Å². The standard InChI is InChI=1S/C49H35NO/c1-49(2)43-18-8-6-15-42(43)47-44(49)19-11-20-45(47)50(35-26-22-33(23-27-35)32-12-4-3-5-13-32)36-28-24-34(25-29-36)37-16-10-17-40-38(37)30-31-41-39-14-7-9-21-46(39)51-48(40)41/h3-31H,1-2H3. The minimum absolute atomic E-state index is 0.0890. The molecule has 0 saturated carbocycles. The first-order valence-corrected chi connectivity index (χ1v) is 17.7. The van der Waals surface area contributed by atoms with E-state index in [0.717, 1.165) is 38.7 Å².